The van der Waals surface area contributed by atoms with Gasteiger partial charge < -0.3 is 20.3 Å². The van der Waals surface area contributed by atoms with E-state index < -0.39 is 22.9 Å². The fourth-order valence-electron chi connectivity index (χ4n) is 1.87. The van der Waals surface area contributed by atoms with E-state index >= 15 is 0 Å². The molecule has 2 aromatic rings. The summed E-state index contributed by atoms with van der Waals surface area (Å²) in [5.41, 5.74) is -0.348. The van der Waals surface area contributed by atoms with Crippen LogP contribution in [0.15, 0.2) is 28.8 Å². The number of anilines is 2. The Kier molecular flexibility index (Phi) is 6.34. The topological polar surface area (TPSA) is 122 Å². The predicted octanol–water partition coefficient (Wildman–Crippen LogP) is 2.52. The van der Waals surface area contributed by atoms with Crippen LogP contribution < -0.4 is 10.6 Å². The van der Waals surface area contributed by atoms with Gasteiger partial charge in [0.25, 0.3) is 0 Å². The number of aromatic carboxylic acids is 1. The number of aryl methyl sites for hydroxylation is 1. The van der Waals surface area contributed by atoms with Crippen molar-refractivity contribution in [2.75, 3.05) is 16.4 Å². The van der Waals surface area contributed by atoms with Crippen LogP contribution in [0.1, 0.15) is 23.0 Å². The van der Waals surface area contributed by atoms with Gasteiger partial charge in [0.05, 0.1) is 22.3 Å². The smallest absolute Gasteiger partial charge is 0.335 e. The predicted molar refractivity (Wildman–Crippen MR) is 93.8 cm³/mol. The fraction of sp³-hybridized carbons (Fsp3) is 0.250. The third kappa shape index (κ3) is 5.31. The molecule has 3 N–H and O–H groups in total. The van der Waals surface area contributed by atoms with E-state index in [0.29, 0.717) is 5.76 Å². The van der Waals surface area contributed by atoms with E-state index in [1.807, 2.05) is 0 Å². The lowest BCUT2D eigenvalue weighted by Crippen LogP contribution is -2.25. The van der Waals surface area contributed by atoms with Gasteiger partial charge in [-0.15, -0.1) is 11.8 Å². The lowest BCUT2D eigenvalue weighted by Gasteiger charge is -2.11. The molecule has 0 saturated carbocycles. The minimum atomic E-state index is -1.26. The molecule has 0 saturated heterocycles. The van der Waals surface area contributed by atoms with Gasteiger partial charge in [-0.05, 0) is 32.0 Å². The third-order valence-electron chi connectivity index (χ3n) is 3.20. The summed E-state index contributed by atoms with van der Waals surface area (Å²) < 4.78 is 18.6. The first kappa shape index (κ1) is 19.4. The van der Waals surface area contributed by atoms with Crippen LogP contribution in [0.2, 0.25) is 0 Å². The van der Waals surface area contributed by atoms with Crippen molar-refractivity contribution in [3.8, 4) is 0 Å². The van der Waals surface area contributed by atoms with Crippen molar-refractivity contribution in [1.82, 2.24) is 5.16 Å². The Balaban J connectivity index is 1.84. The van der Waals surface area contributed by atoms with Crippen molar-refractivity contribution in [1.29, 1.82) is 0 Å². The van der Waals surface area contributed by atoms with Crippen LogP contribution in [0.25, 0.3) is 0 Å². The Labute approximate surface area is 152 Å². The van der Waals surface area contributed by atoms with Gasteiger partial charge in [0.15, 0.2) is 5.82 Å². The molecule has 8 nitrogen and oxygen atoms in total. The van der Waals surface area contributed by atoms with Gasteiger partial charge >= 0.3 is 5.97 Å². The average Bonchev–Trinajstić information content (AvgIpc) is 2.99. The molecule has 10 heteroatoms. The van der Waals surface area contributed by atoms with Crippen LogP contribution in [-0.2, 0) is 9.59 Å². The monoisotopic (exact) mass is 381 g/mol. The molecule has 0 aliphatic rings. The minimum Gasteiger partial charge on any atom is -0.478 e. The molecule has 0 radical (unpaired) electrons. The van der Waals surface area contributed by atoms with Crippen molar-refractivity contribution in [2.45, 2.75) is 19.1 Å². The van der Waals surface area contributed by atoms with Gasteiger partial charge in [-0.2, -0.15) is 0 Å². The average molecular weight is 381 g/mol. The van der Waals surface area contributed by atoms with Gasteiger partial charge in [0.1, 0.15) is 11.6 Å². The zero-order chi connectivity index (χ0) is 19.3. The Morgan fingerprint density at radius 3 is 2.62 bits per heavy atom. The number of amides is 2. The highest BCUT2D eigenvalue weighted by molar-refractivity contribution is 8.01. The number of hydrogen-bond acceptors (Lipinski definition) is 6. The maximum atomic E-state index is 13.8. The summed E-state index contributed by atoms with van der Waals surface area (Å²) in [7, 11) is 0. The van der Waals surface area contributed by atoms with Crippen LogP contribution >= 0.6 is 11.8 Å². The molecule has 1 aromatic carbocycles. The van der Waals surface area contributed by atoms with E-state index in [-0.39, 0.29) is 28.7 Å². The summed E-state index contributed by atoms with van der Waals surface area (Å²) in [6, 6.07) is 4.74. The number of carbonyl (C=O) groups is 3. The van der Waals surface area contributed by atoms with Gasteiger partial charge in [-0.3, -0.25) is 9.59 Å². The first-order valence-corrected chi connectivity index (χ1v) is 8.49. The molecule has 26 heavy (non-hydrogen) atoms. The molecule has 1 atom stereocenters. The molecular formula is C16H16FN3O5S. The maximum absolute atomic E-state index is 13.8. The number of nitrogens with one attached hydrogen (secondary N) is 2. The number of carboxylic acid groups (broad SMARTS) is 1. The van der Waals surface area contributed by atoms with Crippen LogP contribution in [0.4, 0.5) is 15.9 Å². The summed E-state index contributed by atoms with van der Waals surface area (Å²) in [6.07, 6.45) is 0. The fourth-order valence-corrected chi connectivity index (χ4v) is 2.55. The van der Waals surface area contributed by atoms with Gasteiger partial charge in [0, 0.05) is 6.07 Å². The normalized spacial score (nSPS) is 11.7. The Bertz CT molecular complexity index is 839. The maximum Gasteiger partial charge on any atom is 0.335 e. The first-order valence-electron chi connectivity index (χ1n) is 7.44. The zero-order valence-corrected chi connectivity index (χ0v) is 14.7. The third-order valence-corrected chi connectivity index (χ3v) is 4.35. The molecule has 0 aliphatic heterocycles. The number of aromatic nitrogens is 1. The van der Waals surface area contributed by atoms with Gasteiger partial charge in [-0.25, -0.2) is 9.18 Å². The first-order chi connectivity index (χ1) is 12.3. The molecular weight excluding hydrogens is 365 g/mol. The molecule has 1 unspecified atom stereocenters. The summed E-state index contributed by atoms with van der Waals surface area (Å²) in [5.74, 6) is -2.25. The standard InChI is InChI=1S/C16H16FN3O5S/c1-8-5-13(20-25-8)19-15(22)9(2)26-7-14(21)18-12-4-3-10(16(23)24)6-11(12)17/h3-6,9H,7H2,1-2H3,(H,18,21)(H,23,24)(H,19,20,22). The van der Waals surface area contributed by atoms with E-state index in [2.05, 4.69) is 15.8 Å². The number of carboxylic acids is 1. The van der Waals surface area contributed by atoms with Gasteiger partial charge in [-0.1, -0.05) is 5.16 Å². The van der Waals surface area contributed by atoms with Crippen LogP contribution in [0.3, 0.4) is 0 Å². The molecule has 0 bridgehead atoms. The van der Waals surface area contributed by atoms with E-state index in [4.69, 9.17) is 9.63 Å². The second kappa shape index (κ2) is 8.48. The number of rotatable bonds is 7. The van der Waals surface area contributed by atoms with Crippen molar-refractivity contribution >= 4 is 41.1 Å². The molecule has 1 aromatic heterocycles. The van der Waals surface area contributed by atoms with Crippen LogP contribution in [0, 0.1) is 12.7 Å². The Hall–Kier alpha value is -2.88. The summed E-state index contributed by atoms with van der Waals surface area (Å²) in [4.78, 5) is 34.6. The van der Waals surface area contributed by atoms with Crippen LogP contribution in [-0.4, -0.2) is 39.0 Å². The second-order valence-corrected chi connectivity index (χ2v) is 6.64. The van der Waals surface area contributed by atoms with Crippen LogP contribution in [0.5, 0.6) is 0 Å². The summed E-state index contributed by atoms with van der Waals surface area (Å²) in [5, 5.41) is 16.7. The minimum absolute atomic E-state index is 0.0907. The molecule has 2 rings (SSSR count). The largest absolute Gasteiger partial charge is 0.478 e. The summed E-state index contributed by atoms with van der Waals surface area (Å²) >= 11 is 1.05. The van der Waals surface area contributed by atoms with Crippen molar-refractivity contribution < 1.29 is 28.4 Å². The van der Waals surface area contributed by atoms with Crippen molar-refractivity contribution in [2.24, 2.45) is 0 Å². The summed E-state index contributed by atoms with van der Waals surface area (Å²) in [6.45, 7) is 3.30. The number of carbonyl (C=O) groups excluding carboxylic acids is 2. The zero-order valence-electron chi connectivity index (χ0n) is 13.9. The number of nitrogens with zero attached hydrogens (tertiary/aromatic N) is 1. The van der Waals surface area contributed by atoms with E-state index in [0.717, 1.165) is 17.8 Å². The SMILES string of the molecule is Cc1cc(NC(=O)C(C)SCC(=O)Nc2ccc(C(=O)O)cc2F)no1. The highest BCUT2D eigenvalue weighted by atomic mass is 32.2. The molecule has 0 fully saturated rings. The number of halogens is 1. The Morgan fingerprint density at radius 2 is 2.04 bits per heavy atom. The van der Waals surface area contributed by atoms with E-state index in [1.54, 1.807) is 19.9 Å². The Morgan fingerprint density at radius 1 is 1.31 bits per heavy atom. The number of thioether (sulfide) groups is 1. The quantitative estimate of drug-likeness (QED) is 0.674. The lowest BCUT2D eigenvalue weighted by molar-refractivity contribution is -0.115. The molecule has 1 heterocycles. The molecule has 2 amide bonds. The number of benzene rings is 1. The van der Waals surface area contributed by atoms with E-state index in [9.17, 15) is 18.8 Å². The molecule has 138 valence electrons. The molecule has 0 aliphatic carbocycles. The highest BCUT2D eigenvalue weighted by Crippen LogP contribution is 2.18. The van der Waals surface area contributed by atoms with Gasteiger partial charge in [0.2, 0.25) is 11.8 Å². The highest BCUT2D eigenvalue weighted by Gasteiger charge is 2.17. The second-order valence-electron chi connectivity index (χ2n) is 5.31. The number of hydrogen-bond donors (Lipinski definition) is 3. The lowest BCUT2D eigenvalue weighted by atomic mass is 10.2. The van der Waals surface area contributed by atoms with Crippen molar-refractivity contribution in [3.05, 3.63) is 41.4 Å². The van der Waals surface area contributed by atoms with E-state index in [1.165, 1.54) is 12.1 Å². The molecule has 0 spiro atoms. The van der Waals surface area contributed by atoms with Crippen molar-refractivity contribution in [3.63, 3.8) is 0 Å².